The molecule has 0 radical (unpaired) electrons. The maximum atomic E-state index is 12.3. The van der Waals surface area contributed by atoms with E-state index in [2.05, 4.69) is 5.10 Å². The van der Waals surface area contributed by atoms with Gasteiger partial charge in [-0.2, -0.15) is 5.10 Å². The van der Waals surface area contributed by atoms with Gasteiger partial charge in [0.15, 0.2) is 10.8 Å². The Hall–Kier alpha value is -1.92. The summed E-state index contributed by atoms with van der Waals surface area (Å²) in [5, 5.41) is 4.14. The van der Waals surface area contributed by atoms with Crippen molar-refractivity contribution in [1.82, 2.24) is 9.78 Å². The van der Waals surface area contributed by atoms with Crippen molar-refractivity contribution in [3.8, 4) is 5.75 Å². The van der Waals surface area contributed by atoms with Crippen LogP contribution in [0.4, 0.5) is 4.39 Å². The van der Waals surface area contributed by atoms with E-state index in [-0.39, 0.29) is 37.0 Å². The summed E-state index contributed by atoms with van der Waals surface area (Å²) in [6.07, 6.45) is 1.45. The second-order valence-electron chi connectivity index (χ2n) is 6.56. The second-order valence-corrected chi connectivity index (χ2v) is 6.94. The maximum Gasteiger partial charge on any atom is 0.289 e. The van der Waals surface area contributed by atoms with Gasteiger partial charge in [-0.25, -0.2) is 9.07 Å². The van der Waals surface area contributed by atoms with Crippen LogP contribution in [0.3, 0.4) is 0 Å². The molecule has 0 spiro atoms. The van der Waals surface area contributed by atoms with Crippen molar-refractivity contribution in [2.24, 2.45) is 0 Å². The Morgan fingerprint density at radius 3 is 2.27 bits per heavy atom. The lowest BCUT2D eigenvalue weighted by molar-refractivity contribution is 0.106. The molecule has 0 amide bonds. The Morgan fingerprint density at radius 1 is 1.15 bits per heavy atom. The van der Waals surface area contributed by atoms with Crippen LogP contribution in [0.15, 0.2) is 35.3 Å². The molecule has 0 saturated carbocycles. The Morgan fingerprint density at radius 2 is 1.73 bits per heavy atom. The molecule has 7 heteroatoms. The zero-order chi connectivity index (χ0) is 18.4. The SMILES string of the molecule is C.CC(C)(C)n1ncc(OCc2ccc(COCC[18F])cc2)c(Cl)c1=O. The largest absolute Gasteiger partial charge is 0.485 e. The normalized spacial score (nSPS) is 11.1. The first-order valence-corrected chi connectivity index (χ1v) is 8.33. The van der Waals surface area contributed by atoms with Crippen LogP contribution >= 0.6 is 11.6 Å². The molecule has 1 aromatic heterocycles. The number of halogens is 2. The van der Waals surface area contributed by atoms with Crippen molar-refractivity contribution in [1.29, 1.82) is 0 Å². The van der Waals surface area contributed by atoms with Gasteiger partial charge < -0.3 is 9.47 Å². The van der Waals surface area contributed by atoms with Gasteiger partial charge in [0.05, 0.1) is 24.9 Å². The minimum atomic E-state index is -0.491. The molecule has 5 nitrogen and oxygen atoms in total. The Labute approximate surface area is 158 Å². The molecule has 26 heavy (non-hydrogen) atoms. The Balaban J connectivity index is 0.00000338. The number of rotatable bonds is 7. The molecule has 0 aliphatic heterocycles. The van der Waals surface area contributed by atoms with E-state index >= 15 is 0 Å². The van der Waals surface area contributed by atoms with Crippen molar-refractivity contribution in [3.05, 3.63) is 57.0 Å². The molecule has 2 aromatic rings. The minimum absolute atomic E-state index is 0. The number of alkyl halides is 1. The number of aromatic nitrogens is 2. The van der Waals surface area contributed by atoms with Crippen molar-refractivity contribution < 1.29 is 13.9 Å². The van der Waals surface area contributed by atoms with Gasteiger partial charge in [-0.3, -0.25) is 4.79 Å². The first-order valence-electron chi connectivity index (χ1n) is 7.95. The van der Waals surface area contributed by atoms with Gasteiger partial charge in [0, 0.05) is 0 Å². The Kier molecular flexibility index (Phi) is 8.24. The van der Waals surface area contributed by atoms with E-state index in [1.165, 1.54) is 10.9 Å². The lowest BCUT2D eigenvalue weighted by Gasteiger charge is -2.21. The molecule has 0 N–H and O–H groups in total. The average Bonchev–Trinajstić information content (AvgIpc) is 2.56. The van der Waals surface area contributed by atoms with E-state index < -0.39 is 12.2 Å². The van der Waals surface area contributed by atoms with Crippen molar-refractivity contribution in [3.63, 3.8) is 0 Å². The molecule has 0 bridgehead atoms. The van der Waals surface area contributed by atoms with Crippen LogP contribution in [0.25, 0.3) is 0 Å². The summed E-state index contributed by atoms with van der Waals surface area (Å²) < 4.78 is 24.1. The molecule has 1 aromatic carbocycles. The third-order valence-electron chi connectivity index (χ3n) is 3.43. The van der Waals surface area contributed by atoms with E-state index in [1.807, 2.05) is 45.0 Å². The lowest BCUT2D eigenvalue weighted by Crippen LogP contribution is -2.36. The molecule has 0 fully saturated rings. The molecular formula is C19H26ClFN2O3. The lowest BCUT2D eigenvalue weighted by atomic mass is 10.1. The van der Waals surface area contributed by atoms with Crippen molar-refractivity contribution >= 4 is 11.6 Å². The number of nitrogens with zero attached hydrogens (tertiary/aromatic N) is 2. The monoisotopic (exact) mass is 383 g/mol. The average molecular weight is 384 g/mol. The minimum Gasteiger partial charge on any atom is -0.485 e. The van der Waals surface area contributed by atoms with Gasteiger partial charge in [0.2, 0.25) is 0 Å². The standard InChI is InChI=1S/C18H22ClFN2O3.CH4/c1-18(2,3)22-17(23)16(19)15(10-21-22)25-12-14-6-4-13(5-7-14)11-24-9-8-20;/h4-7,10H,8-9,11-12H2,1-3H3;1H4/i20-1;. The van der Waals surface area contributed by atoms with Crippen LogP contribution < -0.4 is 10.3 Å². The van der Waals surface area contributed by atoms with Gasteiger partial charge in [0.1, 0.15) is 13.3 Å². The summed E-state index contributed by atoms with van der Waals surface area (Å²) in [5.74, 6) is 0.252. The van der Waals surface area contributed by atoms with Crippen LogP contribution in [0.2, 0.25) is 5.02 Å². The number of ether oxygens (including phenoxy) is 2. The van der Waals surface area contributed by atoms with Crippen LogP contribution in [0.1, 0.15) is 39.3 Å². The van der Waals surface area contributed by atoms with E-state index in [0.29, 0.717) is 6.61 Å². The topological polar surface area (TPSA) is 53.4 Å². The first-order chi connectivity index (χ1) is 11.8. The summed E-state index contributed by atoms with van der Waals surface area (Å²) in [4.78, 5) is 12.3. The summed E-state index contributed by atoms with van der Waals surface area (Å²) in [7, 11) is 0. The molecular weight excluding hydrogens is 358 g/mol. The highest BCUT2D eigenvalue weighted by Crippen LogP contribution is 2.21. The highest BCUT2D eigenvalue weighted by molar-refractivity contribution is 6.31. The zero-order valence-electron chi connectivity index (χ0n) is 14.6. The summed E-state index contributed by atoms with van der Waals surface area (Å²) >= 11 is 6.12. The van der Waals surface area contributed by atoms with E-state index in [1.54, 1.807) is 0 Å². The number of hydrogen-bond donors (Lipinski definition) is 0. The van der Waals surface area contributed by atoms with Crippen molar-refractivity contribution in [2.75, 3.05) is 13.3 Å². The number of hydrogen-bond acceptors (Lipinski definition) is 4. The van der Waals surface area contributed by atoms with Crippen LogP contribution in [0, 0.1) is 0 Å². The highest BCUT2D eigenvalue weighted by atomic mass is 35.5. The zero-order valence-corrected chi connectivity index (χ0v) is 15.3. The predicted octanol–water partition coefficient (Wildman–Crippen LogP) is 4.35. The third-order valence-corrected chi connectivity index (χ3v) is 3.78. The van der Waals surface area contributed by atoms with Gasteiger partial charge >= 0.3 is 0 Å². The van der Waals surface area contributed by atoms with Gasteiger partial charge in [0.25, 0.3) is 5.56 Å². The van der Waals surface area contributed by atoms with Crippen LogP contribution in [0.5, 0.6) is 5.75 Å². The quantitative estimate of drug-likeness (QED) is 0.667. The van der Waals surface area contributed by atoms with Gasteiger partial charge in [-0.1, -0.05) is 43.3 Å². The molecule has 0 atom stereocenters. The van der Waals surface area contributed by atoms with Gasteiger partial charge in [-0.15, -0.1) is 0 Å². The fourth-order valence-electron chi connectivity index (χ4n) is 2.13. The van der Waals surface area contributed by atoms with E-state index in [9.17, 15) is 9.18 Å². The maximum absolute atomic E-state index is 12.3. The summed E-state index contributed by atoms with van der Waals surface area (Å²) in [6, 6.07) is 7.53. The molecule has 2 rings (SSSR count). The highest BCUT2D eigenvalue weighted by Gasteiger charge is 2.19. The predicted molar refractivity (Wildman–Crippen MR) is 102 cm³/mol. The third kappa shape index (κ3) is 5.81. The van der Waals surface area contributed by atoms with Crippen molar-refractivity contribution in [2.45, 2.75) is 47.0 Å². The van der Waals surface area contributed by atoms with Gasteiger partial charge in [-0.05, 0) is 31.9 Å². The van der Waals surface area contributed by atoms with E-state index in [0.717, 1.165) is 11.1 Å². The molecule has 0 aliphatic rings. The fraction of sp³-hybridized carbons (Fsp3) is 0.474. The molecule has 0 aliphatic carbocycles. The summed E-state index contributed by atoms with van der Waals surface area (Å²) in [6.45, 7) is 5.84. The fourth-order valence-corrected chi connectivity index (χ4v) is 2.32. The number of benzene rings is 1. The molecule has 0 saturated heterocycles. The molecule has 0 unspecified atom stereocenters. The molecule has 1 heterocycles. The Bertz CT molecular complexity index is 755. The van der Waals surface area contributed by atoms with Crippen LogP contribution in [-0.4, -0.2) is 23.1 Å². The second kappa shape index (κ2) is 9.69. The first kappa shape index (κ1) is 22.1. The summed E-state index contributed by atoms with van der Waals surface area (Å²) in [5.41, 5.74) is 1.02. The molecule has 144 valence electrons. The smallest absolute Gasteiger partial charge is 0.289 e. The van der Waals surface area contributed by atoms with Crippen LogP contribution in [-0.2, 0) is 23.5 Å². The van der Waals surface area contributed by atoms with E-state index in [4.69, 9.17) is 21.1 Å².